The second kappa shape index (κ2) is 6.19. The Bertz CT molecular complexity index is 676. The molecule has 2 rings (SSSR count). The van der Waals surface area contributed by atoms with Gasteiger partial charge >= 0.3 is 0 Å². The van der Waals surface area contributed by atoms with E-state index in [1.165, 1.54) is 0 Å². The van der Waals surface area contributed by atoms with E-state index in [2.05, 4.69) is 17.9 Å². The Balaban J connectivity index is 2.39. The highest BCUT2D eigenvalue weighted by Crippen LogP contribution is 2.31. The van der Waals surface area contributed by atoms with Gasteiger partial charge < -0.3 is 15.4 Å². The van der Waals surface area contributed by atoms with Crippen molar-refractivity contribution in [2.24, 2.45) is 0 Å². The summed E-state index contributed by atoms with van der Waals surface area (Å²) in [6.45, 7) is 2.08. The molecule has 0 heterocycles. The van der Waals surface area contributed by atoms with E-state index in [0.717, 1.165) is 22.7 Å². The largest absolute Gasteiger partial charge is 0.497 e. The third-order valence-electron chi connectivity index (χ3n) is 3.68. The number of nitriles is 1. The van der Waals surface area contributed by atoms with E-state index in [9.17, 15) is 5.26 Å². The molecular formula is C17H19N3O. The molecule has 0 aliphatic rings. The molecule has 0 saturated carbocycles. The van der Waals surface area contributed by atoms with Crippen molar-refractivity contribution in [2.75, 3.05) is 24.8 Å². The molecule has 108 valence electrons. The third-order valence-corrected chi connectivity index (χ3v) is 3.68. The van der Waals surface area contributed by atoms with Gasteiger partial charge in [0.05, 0.1) is 24.4 Å². The van der Waals surface area contributed by atoms with Crippen LogP contribution in [0, 0.1) is 11.3 Å². The maximum absolute atomic E-state index is 9.29. The molecule has 0 aliphatic heterocycles. The van der Waals surface area contributed by atoms with Crippen molar-refractivity contribution in [2.45, 2.75) is 13.0 Å². The van der Waals surface area contributed by atoms with Crippen LogP contribution in [0.15, 0.2) is 42.5 Å². The molecule has 2 aromatic carbocycles. The third kappa shape index (κ3) is 3.09. The van der Waals surface area contributed by atoms with Crippen LogP contribution in [0.5, 0.6) is 5.75 Å². The first kappa shape index (κ1) is 14.7. The number of benzene rings is 2. The molecule has 0 aromatic heterocycles. The maximum Gasteiger partial charge on any atom is 0.121 e. The molecule has 21 heavy (non-hydrogen) atoms. The molecule has 2 N–H and O–H groups in total. The highest BCUT2D eigenvalue weighted by Gasteiger charge is 2.16. The highest BCUT2D eigenvalue weighted by molar-refractivity contribution is 5.63. The normalized spacial score (nSPS) is 11.5. The number of hydrogen-bond donors (Lipinski definition) is 1. The van der Waals surface area contributed by atoms with Crippen molar-refractivity contribution in [1.29, 1.82) is 5.26 Å². The number of ether oxygens (including phenoxy) is 1. The van der Waals surface area contributed by atoms with Gasteiger partial charge in [0.25, 0.3) is 0 Å². The molecule has 0 bridgehead atoms. The van der Waals surface area contributed by atoms with Gasteiger partial charge in [0.1, 0.15) is 11.8 Å². The molecule has 1 atom stereocenters. The van der Waals surface area contributed by atoms with E-state index in [-0.39, 0.29) is 6.04 Å². The molecule has 0 aliphatic carbocycles. The average molecular weight is 281 g/mol. The maximum atomic E-state index is 9.29. The van der Waals surface area contributed by atoms with Crippen molar-refractivity contribution in [3.63, 3.8) is 0 Å². The topological polar surface area (TPSA) is 62.3 Å². The molecule has 2 aromatic rings. The molecule has 0 fully saturated rings. The van der Waals surface area contributed by atoms with Crippen LogP contribution in [-0.4, -0.2) is 14.2 Å². The lowest BCUT2D eigenvalue weighted by Crippen LogP contribution is -2.22. The summed E-state index contributed by atoms with van der Waals surface area (Å²) in [6.07, 6.45) is 0. The Morgan fingerprint density at radius 2 is 2.00 bits per heavy atom. The standard InChI is InChI=1S/C17H19N3O/c1-12(13-5-4-6-15(19)9-13)20(2)17-10-16(21-3)8-7-14(17)11-18/h4-10,12H,19H2,1-3H3. The fourth-order valence-electron chi connectivity index (χ4n) is 2.28. The van der Waals surface area contributed by atoms with Gasteiger partial charge in [0.2, 0.25) is 0 Å². The number of nitrogen functional groups attached to an aromatic ring is 1. The summed E-state index contributed by atoms with van der Waals surface area (Å²) in [7, 11) is 3.58. The van der Waals surface area contributed by atoms with E-state index in [1.54, 1.807) is 19.2 Å². The first-order valence-electron chi connectivity index (χ1n) is 6.73. The van der Waals surface area contributed by atoms with Crippen molar-refractivity contribution in [3.8, 4) is 11.8 Å². The van der Waals surface area contributed by atoms with Gasteiger partial charge in [-0.05, 0) is 36.8 Å². The van der Waals surface area contributed by atoms with Crippen LogP contribution >= 0.6 is 0 Å². The highest BCUT2D eigenvalue weighted by atomic mass is 16.5. The summed E-state index contributed by atoms with van der Waals surface area (Å²) in [4.78, 5) is 2.05. The molecule has 0 saturated heterocycles. The molecular weight excluding hydrogens is 262 g/mol. The van der Waals surface area contributed by atoms with Gasteiger partial charge in [-0.2, -0.15) is 5.26 Å². The molecule has 4 heteroatoms. The van der Waals surface area contributed by atoms with E-state index < -0.39 is 0 Å². The van der Waals surface area contributed by atoms with Crippen LogP contribution in [0.3, 0.4) is 0 Å². The Morgan fingerprint density at radius 3 is 2.62 bits per heavy atom. The lowest BCUT2D eigenvalue weighted by atomic mass is 10.0. The number of nitrogens with zero attached hydrogens (tertiary/aromatic N) is 2. The zero-order valence-corrected chi connectivity index (χ0v) is 12.5. The first-order chi connectivity index (χ1) is 10.1. The second-order valence-corrected chi connectivity index (χ2v) is 4.95. The lowest BCUT2D eigenvalue weighted by Gasteiger charge is -2.28. The number of nitrogens with two attached hydrogens (primary N) is 1. The minimum Gasteiger partial charge on any atom is -0.497 e. The van der Waals surface area contributed by atoms with Crippen molar-refractivity contribution < 1.29 is 4.74 Å². The lowest BCUT2D eigenvalue weighted by molar-refractivity contribution is 0.414. The fraction of sp³-hybridized carbons (Fsp3) is 0.235. The minimum atomic E-state index is 0.0905. The number of anilines is 2. The van der Waals surface area contributed by atoms with Gasteiger partial charge in [0, 0.05) is 18.8 Å². The smallest absolute Gasteiger partial charge is 0.121 e. The summed E-state index contributed by atoms with van der Waals surface area (Å²) in [6, 6.07) is 15.5. The van der Waals surface area contributed by atoms with Gasteiger partial charge in [0.15, 0.2) is 0 Å². The molecule has 1 unspecified atom stereocenters. The molecule has 0 spiro atoms. The summed E-state index contributed by atoms with van der Waals surface area (Å²) in [5.74, 6) is 0.732. The van der Waals surface area contributed by atoms with Gasteiger partial charge in [-0.15, -0.1) is 0 Å². The van der Waals surface area contributed by atoms with E-state index in [4.69, 9.17) is 10.5 Å². The second-order valence-electron chi connectivity index (χ2n) is 4.95. The van der Waals surface area contributed by atoms with E-state index in [0.29, 0.717) is 5.56 Å². The number of hydrogen-bond acceptors (Lipinski definition) is 4. The zero-order valence-electron chi connectivity index (χ0n) is 12.5. The minimum absolute atomic E-state index is 0.0905. The fourth-order valence-corrected chi connectivity index (χ4v) is 2.28. The molecule has 0 radical (unpaired) electrons. The van der Waals surface area contributed by atoms with Crippen molar-refractivity contribution >= 4 is 11.4 Å². The molecule has 4 nitrogen and oxygen atoms in total. The predicted octanol–water partition coefficient (Wildman–Crippen LogP) is 3.35. The van der Waals surface area contributed by atoms with Gasteiger partial charge in [-0.25, -0.2) is 0 Å². The Labute approximate surface area is 125 Å². The van der Waals surface area contributed by atoms with Gasteiger partial charge in [-0.1, -0.05) is 12.1 Å². The van der Waals surface area contributed by atoms with Gasteiger partial charge in [-0.3, -0.25) is 0 Å². The van der Waals surface area contributed by atoms with Crippen molar-refractivity contribution in [1.82, 2.24) is 0 Å². The van der Waals surface area contributed by atoms with Crippen LogP contribution in [-0.2, 0) is 0 Å². The Morgan fingerprint density at radius 1 is 1.24 bits per heavy atom. The number of methoxy groups -OCH3 is 1. The summed E-state index contributed by atoms with van der Waals surface area (Å²) in [5, 5.41) is 9.29. The Hall–Kier alpha value is -2.67. The summed E-state index contributed by atoms with van der Waals surface area (Å²) >= 11 is 0. The Kier molecular flexibility index (Phi) is 4.34. The van der Waals surface area contributed by atoms with Crippen LogP contribution in [0.1, 0.15) is 24.1 Å². The molecule has 0 amide bonds. The predicted molar refractivity (Wildman–Crippen MR) is 85.4 cm³/mol. The van der Waals surface area contributed by atoms with Crippen LogP contribution < -0.4 is 15.4 Å². The van der Waals surface area contributed by atoms with Crippen molar-refractivity contribution in [3.05, 3.63) is 53.6 Å². The van der Waals surface area contributed by atoms with Crippen LogP contribution in [0.4, 0.5) is 11.4 Å². The number of rotatable bonds is 4. The van der Waals surface area contributed by atoms with E-state index >= 15 is 0 Å². The SMILES string of the molecule is COc1ccc(C#N)c(N(C)C(C)c2cccc(N)c2)c1. The quantitative estimate of drug-likeness (QED) is 0.873. The zero-order chi connectivity index (χ0) is 15.4. The van der Waals surface area contributed by atoms with E-state index in [1.807, 2.05) is 37.4 Å². The summed E-state index contributed by atoms with van der Waals surface area (Å²) < 4.78 is 5.25. The average Bonchev–Trinajstić information content (AvgIpc) is 2.52. The summed E-state index contributed by atoms with van der Waals surface area (Å²) in [5.41, 5.74) is 9.14. The van der Waals surface area contributed by atoms with Crippen LogP contribution in [0.25, 0.3) is 0 Å². The first-order valence-corrected chi connectivity index (χ1v) is 6.73. The monoisotopic (exact) mass is 281 g/mol. The van der Waals surface area contributed by atoms with Crippen LogP contribution in [0.2, 0.25) is 0 Å².